The summed E-state index contributed by atoms with van der Waals surface area (Å²) < 4.78 is 13.7. The van der Waals surface area contributed by atoms with Gasteiger partial charge in [0.05, 0.1) is 0 Å². The van der Waals surface area contributed by atoms with Crippen molar-refractivity contribution in [3.05, 3.63) is 34.6 Å². The third-order valence-corrected chi connectivity index (χ3v) is 4.57. The Bertz CT molecular complexity index is 380. The van der Waals surface area contributed by atoms with E-state index >= 15 is 0 Å². The predicted octanol–water partition coefficient (Wildman–Crippen LogP) is 4.01. The van der Waals surface area contributed by atoms with Crippen molar-refractivity contribution in [3.8, 4) is 0 Å². The summed E-state index contributed by atoms with van der Waals surface area (Å²) in [5.41, 5.74) is 6.68. The lowest BCUT2D eigenvalue weighted by Crippen LogP contribution is -2.19. The lowest BCUT2D eigenvalue weighted by Gasteiger charge is -2.24. The SMILES string of the molecule is NC(CC1CCSCC1)c1ccc(Cl)cc1F. The van der Waals surface area contributed by atoms with Crippen molar-refractivity contribution in [2.24, 2.45) is 11.7 Å². The van der Waals surface area contributed by atoms with Crippen molar-refractivity contribution >= 4 is 23.4 Å². The normalized spacial score (nSPS) is 19.2. The van der Waals surface area contributed by atoms with E-state index in [0.29, 0.717) is 16.5 Å². The maximum Gasteiger partial charge on any atom is 0.129 e. The van der Waals surface area contributed by atoms with E-state index in [2.05, 4.69) is 0 Å². The van der Waals surface area contributed by atoms with Crippen molar-refractivity contribution in [2.75, 3.05) is 11.5 Å². The second-order valence-corrected chi connectivity index (χ2v) is 6.22. The minimum atomic E-state index is -0.282. The maximum atomic E-state index is 13.7. The van der Waals surface area contributed by atoms with Gasteiger partial charge in [-0.3, -0.25) is 0 Å². The van der Waals surface area contributed by atoms with Gasteiger partial charge in [0.2, 0.25) is 0 Å². The summed E-state index contributed by atoms with van der Waals surface area (Å²) in [5.74, 6) is 2.78. The Morgan fingerprint density at radius 2 is 2.12 bits per heavy atom. The van der Waals surface area contributed by atoms with E-state index in [1.165, 1.54) is 30.4 Å². The first-order valence-electron chi connectivity index (χ1n) is 5.95. The Hall–Kier alpha value is -0.250. The van der Waals surface area contributed by atoms with Gasteiger partial charge in [0.1, 0.15) is 5.82 Å². The van der Waals surface area contributed by atoms with Crippen LogP contribution >= 0.6 is 23.4 Å². The van der Waals surface area contributed by atoms with E-state index in [1.807, 2.05) is 11.8 Å². The molecule has 0 saturated carbocycles. The van der Waals surface area contributed by atoms with Crippen molar-refractivity contribution in [1.82, 2.24) is 0 Å². The molecule has 2 rings (SSSR count). The highest BCUT2D eigenvalue weighted by Crippen LogP contribution is 2.31. The van der Waals surface area contributed by atoms with E-state index in [9.17, 15) is 4.39 Å². The van der Waals surface area contributed by atoms with Crippen LogP contribution in [-0.4, -0.2) is 11.5 Å². The predicted molar refractivity (Wildman–Crippen MR) is 73.0 cm³/mol. The molecule has 0 aromatic heterocycles. The molecule has 1 unspecified atom stereocenters. The molecule has 0 amide bonds. The van der Waals surface area contributed by atoms with Gasteiger partial charge in [-0.05, 0) is 48.8 Å². The van der Waals surface area contributed by atoms with Crippen LogP contribution < -0.4 is 5.73 Å². The first-order valence-corrected chi connectivity index (χ1v) is 7.48. The zero-order valence-electron chi connectivity index (χ0n) is 9.66. The summed E-state index contributed by atoms with van der Waals surface area (Å²) in [6.45, 7) is 0. The first-order chi connectivity index (χ1) is 8.16. The van der Waals surface area contributed by atoms with Gasteiger partial charge in [-0.15, -0.1) is 0 Å². The molecule has 1 heterocycles. The third kappa shape index (κ3) is 3.60. The smallest absolute Gasteiger partial charge is 0.129 e. The topological polar surface area (TPSA) is 26.0 Å². The van der Waals surface area contributed by atoms with E-state index in [4.69, 9.17) is 17.3 Å². The minimum absolute atomic E-state index is 0.208. The molecule has 0 aliphatic carbocycles. The molecule has 0 bridgehead atoms. The number of thioether (sulfide) groups is 1. The summed E-state index contributed by atoms with van der Waals surface area (Å²) in [7, 11) is 0. The van der Waals surface area contributed by atoms with Crippen molar-refractivity contribution in [1.29, 1.82) is 0 Å². The second kappa shape index (κ2) is 6.07. The summed E-state index contributed by atoms with van der Waals surface area (Å²) in [4.78, 5) is 0. The fourth-order valence-corrected chi connectivity index (χ4v) is 3.63. The largest absolute Gasteiger partial charge is 0.324 e. The van der Waals surface area contributed by atoms with Gasteiger partial charge in [-0.2, -0.15) is 11.8 Å². The molecule has 1 aliphatic rings. The van der Waals surface area contributed by atoms with Crippen LogP contribution in [0.4, 0.5) is 4.39 Å². The number of nitrogens with two attached hydrogens (primary N) is 1. The van der Waals surface area contributed by atoms with Gasteiger partial charge >= 0.3 is 0 Å². The number of halogens is 2. The molecule has 1 aromatic rings. The maximum absolute atomic E-state index is 13.7. The van der Waals surface area contributed by atoms with E-state index < -0.39 is 0 Å². The molecule has 2 N–H and O–H groups in total. The highest BCUT2D eigenvalue weighted by molar-refractivity contribution is 7.99. The van der Waals surface area contributed by atoms with Gasteiger partial charge in [0.15, 0.2) is 0 Å². The Morgan fingerprint density at radius 1 is 1.41 bits per heavy atom. The fraction of sp³-hybridized carbons (Fsp3) is 0.538. The standard InChI is InChI=1S/C13H17ClFNS/c14-10-1-2-11(12(15)8-10)13(16)7-9-3-5-17-6-4-9/h1-2,8-9,13H,3-7,16H2. The fourth-order valence-electron chi connectivity index (χ4n) is 2.27. The molecule has 1 saturated heterocycles. The minimum Gasteiger partial charge on any atom is -0.324 e. The molecular weight excluding hydrogens is 257 g/mol. The number of hydrogen-bond donors (Lipinski definition) is 1. The summed E-state index contributed by atoms with van der Waals surface area (Å²) >= 11 is 7.72. The summed E-state index contributed by atoms with van der Waals surface area (Å²) in [6, 6.07) is 4.55. The lowest BCUT2D eigenvalue weighted by molar-refractivity contribution is 0.406. The van der Waals surface area contributed by atoms with Gasteiger partial charge in [0, 0.05) is 16.6 Å². The number of rotatable bonds is 3. The highest BCUT2D eigenvalue weighted by atomic mass is 35.5. The first kappa shape index (κ1) is 13.2. The Balaban J connectivity index is 2.00. The van der Waals surface area contributed by atoms with Crippen molar-refractivity contribution in [2.45, 2.75) is 25.3 Å². The second-order valence-electron chi connectivity index (χ2n) is 4.56. The summed E-state index contributed by atoms with van der Waals surface area (Å²) in [6.07, 6.45) is 3.28. The van der Waals surface area contributed by atoms with Gasteiger partial charge in [0.25, 0.3) is 0 Å². The number of hydrogen-bond acceptors (Lipinski definition) is 2. The van der Waals surface area contributed by atoms with Gasteiger partial charge in [-0.1, -0.05) is 17.7 Å². The molecule has 1 aliphatic heterocycles. The van der Waals surface area contributed by atoms with Crippen LogP contribution in [0.1, 0.15) is 30.9 Å². The molecular formula is C13H17ClFNS. The van der Waals surface area contributed by atoms with Crippen molar-refractivity contribution in [3.63, 3.8) is 0 Å². The molecule has 4 heteroatoms. The Morgan fingerprint density at radius 3 is 2.76 bits per heavy atom. The van der Waals surface area contributed by atoms with E-state index in [0.717, 1.165) is 6.42 Å². The number of benzene rings is 1. The van der Waals surface area contributed by atoms with Crippen LogP contribution in [0.15, 0.2) is 18.2 Å². The molecule has 17 heavy (non-hydrogen) atoms. The molecule has 1 fully saturated rings. The van der Waals surface area contributed by atoms with Gasteiger partial charge in [-0.25, -0.2) is 4.39 Å². The average Bonchev–Trinajstić information content (AvgIpc) is 2.30. The summed E-state index contributed by atoms with van der Waals surface area (Å²) in [5, 5.41) is 0.424. The zero-order valence-corrected chi connectivity index (χ0v) is 11.2. The van der Waals surface area contributed by atoms with Crippen LogP contribution in [0, 0.1) is 11.7 Å². The third-order valence-electron chi connectivity index (χ3n) is 3.29. The Labute approximate surface area is 111 Å². The molecule has 1 atom stereocenters. The van der Waals surface area contributed by atoms with Crippen LogP contribution in [0.2, 0.25) is 5.02 Å². The van der Waals surface area contributed by atoms with E-state index in [-0.39, 0.29) is 11.9 Å². The molecule has 0 spiro atoms. The van der Waals surface area contributed by atoms with Crippen molar-refractivity contribution < 1.29 is 4.39 Å². The van der Waals surface area contributed by atoms with Crippen LogP contribution in [0.5, 0.6) is 0 Å². The van der Waals surface area contributed by atoms with Crippen LogP contribution in [-0.2, 0) is 0 Å². The lowest BCUT2D eigenvalue weighted by atomic mass is 9.91. The molecule has 0 radical (unpaired) electrons. The van der Waals surface area contributed by atoms with E-state index in [1.54, 1.807) is 12.1 Å². The molecule has 1 nitrogen and oxygen atoms in total. The average molecular weight is 274 g/mol. The monoisotopic (exact) mass is 273 g/mol. The molecule has 1 aromatic carbocycles. The molecule has 94 valence electrons. The highest BCUT2D eigenvalue weighted by Gasteiger charge is 2.19. The zero-order chi connectivity index (χ0) is 12.3. The van der Waals surface area contributed by atoms with Crippen LogP contribution in [0.25, 0.3) is 0 Å². The van der Waals surface area contributed by atoms with Gasteiger partial charge < -0.3 is 5.73 Å². The Kier molecular flexibility index (Phi) is 4.71. The quantitative estimate of drug-likeness (QED) is 0.900. The van der Waals surface area contributed by atoms with Crippen LogP contribution in [0.3, 0.4) is 0 Å².